The first-order valence-corrected chi connectivity index (χ1v) is 5.47. The quantitative estimate of drug-likeness (QED) is 0.791. The number of benzene rings is 1. The largest absolute Gasteiger partial charge is 0.508 e. The number of carbonyl (C=O) groups is 1. The lowest BCUT2D eigenvalue weighted by Crippen LogP contribution is -2.15. The van der Waals surface area contributed by atoms with Crippen LogP contribution in [-0.4, -0.2) is 21.2 Å². The number of anilines is 1. The van der Waals surface area contributed by atoms with Crippen LogP contribution in [0.4, 0.5) is 5.69 Å². The summed E-state index contributed by atoms with van der Waals surface area (Å²) in [6.07, 6.45) is 0. The highest BCUT2D eigenvalue weighted by atomic mass is 16.3. The van der Waals surface area contributed by atoms with Crippen molar-refractivity contribution in [2.45, 2.75) is 13.8 Å². The van der Waals surface area contributed by atoms with Crippen LogP contribution in [0.5, 0.6) is 5.75 Å². The lowest BCUT2D eigenvalue weighted by molar-refractivity contribution is 0.102. The summed E-state index contributed by atoms with van der Waals surface area (Å²) >= 11 is 0. The molecule has 18 heavy (non-hydrogen) atoms. The van der Waals surface area contributed by atoms with E-state index in [1.165, 1.54) is 12.1 Å². The van der Waals surface area contributed by atoms with Crippen molar-refractivity contribution in [2.24, 2.45) is 0 Å². The SMILES string of the molecule is Cc1cc(C(=O)Nc2ccc(O)cc2)c(C)nn1. The van der Waals surface area contributed by atoms with Crippen LogP contribution in [0.15, 0.2) is 30.3 Å². The van der Waals surface area contributed by atoms with E-state index in [2.05, 4.69) is 15.5 Å². The number of amides is 1. The molecule has 0 unspecified atom stereocenters. The molecule has 0 bridgehead atoms. The van der Waals surface area contributed by atoms with Crippen LogP contribution in [0.2, 0.25) is 0 Å². The molecule has 2 aromatic rings. The average Bonchev–Trinajstić information content (AvgIpc) is 2.35. The van der Waals surface area contributed by atoms with Crippen LogP contribution >= 0.6 is 0 Å². The number of nitrogens with one attached hydrogen (secondary N) is 1. The molecule has 92 valence electrons. The third-order valence-electron chi connectivity index (χ3n) is 2.47. The Morgan fingerprint density at radius 3 is 2.50 bits per heavy atom. The molecule has 0 spiro atoms. The Morgan fingerprint density at radius 2 is 1.83 bits per heavy atom. The summed E-state index contributed by atoms with van der Waals surface area (Å²) in [5, 5.41) is 19.7. The van der Waals surface area contributed by atoms with Gasteiger partial charge in [0.1, 0.15) is 5.75 Å². The number of nitrogens with zero attached hydrogens (tertiary/aromatic N) is 2. The van der Waals surface area contributed by atoms with E-state index >= 15 is 0 Å². The topological polar surface area (TPSA) is 75.1 Å². The molecule has 2 rings (SSSR count). The van der Waals surface area contributed by atoms with Gasteiger partial charge in [-0.05, 0) is 44.2 Å². The van der Waals surface area contributed by atoms with E-state index in [1.807, 2.05) is 0 Å². The first-order chi connectivity index (χ1) is 8.56. The highest BCUT2D eigenvalue weighted by Crippen LogP contribution is 2.15. The van der Waals surface area contributed by atoms with Gasteiger partial charge in [-0.15, -0.1) is 0 Å². The zero-order valence-electron chi connectivity index (χ0n) is 10.1. The molecule has 5 nitrogen and oxygen atoms in total. The lowest BCUT2D eigenvalue weighted by atomic mass is 10.2. The molecule has 0 aliphatic carbocycles. The molecule has 0 saturated heterocycles. The van der Waals surface area contributed by atoms with Gasteiger partial charge >= 0.3 is 0 Å². The molecule has 1 aromatic heterocycles. The van der Waals surface area contributed by atoms with E-state index < -0.39 is 0 Å². The van der Waals surface area contributed by atoms with Crippen LogP contribution in [0.3, 0.4) is 0 Å². The summed E-state index contributed by atoms with van der Waals surface area (Å²) in [5.74, 6) is -0.0817. The number of phenols is 1. The molecule has 2 N–H and O–H groups in total. The lowest BCUT2D eigenvalue weighted by Gasteiger charge is -2.07. The van der Waals surface area contributed by atoms with Crippen molar-refractivity contribution in [1.29, 1.82) is 0 Å². The maximum atomic E-state index is 12.0. The van der Waals surface area contributed by atoms with Crippen LogP contribution in [0.25, 0.3) is 0 Å². The highest BCUT2D eigenvalue weighted by Gasteiger charge is 2.11. The Labute approximate surface area is 104 Å². The van der Waals surface area contributed by atoms with Crippen LogP contribution < -0.4 is 5.32 Å². The summed E-state index contributed by atoms with van der Waals surface area (Å²) in [7, 11) is 0. The summed E-state index contributed by atoms with van der Waals surface area (Å²) in [6, 6.07) is 7.98. The monoisotopic (exact) mass is 243 g/mol. The predicted molar refractivity (Wildman–Crippen MR) is 67.6 cm³/mol. The summed E-state index contributed by atoms with van der Waals surface area (Å²) in [4.78, 5) is 12.0. The number of aryl methyl sites for hydroxylation is 2. The van der Waals surface area contributed by atoms with Crippen molar-refractivity contribution < 1.29 is 9.90 Å². The maximum Gasteiger partial charge on any atom is 0.257 e. The van der Waals surface area contributed by atoms with E-state index in [0.717, 1.165) is 0 Å². The molecular weight excluding hydrogens is 230 g/mol. The maximum absolute atomic E-state index is 12.0. The minimum Gasteiger partial charge on any atom is -0.508 e. The van der Waals surface area contributed by atoms with Gasteiger partial charge in [0.15, 0.2) is 0 Å². The van der Waals surface area contributed by atoms with E-state index in [9.17, 15) is 4.79 Å². The summed E-state index contributed by atoms with van der Waals surface area (Å²) < 4.78 is 0. The number of hydrogen-bond acceptors (Lipinski definition) is 4. The number of aromatic hydroxyl groups is 1. The molecule has 0 radical (unpaired) electrons. The van der Waals surface area contributed by atoms with Crippen LogP contribution in [0.1, 0.15) is 21.7 Å². The number of carbonyl (C=O) groups excluding carboxylic acids is 1. The Hall–Kier alpha value is -2.43. The van der Waals surface area contributed by atoms with Crippen molar-refractivity contribution in [3.05, 3.63) is 47.3 Å². The third-order valence-corrected chi connectivity index (χ3v) is 2.47. The second-order valence-corrected chi connectivity index (χ2v) is 3.99. The number of hydrogen-bond donors (Lipinski definition) is 2. The van der Waals surface area contributed by atoms with Gasteiger partial charge in [-0.2, -0.15) is 10.2 Å². The molecule has 1 aromatic carbocycles. The van der Waals surface area contributed by atoms with Crippen molar-refractivity contribution in [3.8, 4) is 5.75 Å². The smallest absolute Gasteiger partial charge is 0.257 e. The fourth-order valence-corrected chi connectivity index (χ4v) is 1.52. The second-order valence-electron chi connectivity index (χ2n) is 3.99. The van der Waals surface area contributed by atoms with E-state index in [4.69, 9.17) is 5.11 Å². The van der Waals surface area contributed by atoms with Gasteiger partial charge in [0.25, 0.3) is 5.91 Å². The van der Waals surface area contributed by atoms with E-state index in [0.29, 0.717) is 22.6 Å². The van der Waals surface area contributed by atoms with Gasteiger partial charge in [-0.25, -0.2) is 0 Å². The van der Waals surface area contributed by atoms with Crippen LogP contribution in [0, 0.1) is 13.8 Å². The molecule has 5 heteroatoms. The van der Waals surface area contributed by atoms with Crippen molar-refractivity contribution in [1.82, 2.24) is 10.2 Å². The average molecular weight is 243 g/mol. The predicted octanol–water partition coefficient (Wildman–Crippen LogP) is 2.05. The highest BCUT2D eigenvalue weighted by molar-refractivity contribution is 6.05. The Balaban J connectivity index is 2.21. The molecule has 1 amide bonds. The molecule has 0 aliphatic heterocycles. The second kappa shape index (κ2) is 4.83. The van der Waals surface area contributed by atoms with Gasteiger partial charge in [0.05, 0.1) is 17.0 Å². The molecule has 0 saturated carbocycles. The molecule has 0 fully saturated rings. The molecule has 1 heterocycles. The zero-order chi connectivity index (χ0) is 13.1. The number of aromatic nitrogens is 2. The fraction of sp³-hybridized carbons (Fsp3) is 0.154. The van der Waals surface area contributed by atoms with E-state index in [1.54, 1.807) is 32.0 Å². The number of phenolic OH excluding ortho intramolecular Hbond substituents is 1. The molecular formula is C13H13N3O2. The van der Waals surface area contributed by atoms with Gasteiger partial charge in [0.2, 0.25) is 0 Å². The van der Waals surface area contributed by atoms with Crippen molar-refractivity contribution in [2.75, 3.05) is 5.32 Å². The molecule has 0 aliphatic rings. The first kappa shape index (κ1) is 12.0. The molecule has 0 atom stereocenters. The minimum absolute atomic E-state index is 0.158. The minimum atomic E-state index is -0.240. The van der Waals surface area contributed by atoms with E-state index in [-0.39, 0.29) is 11.7 Å². The fourth-order valence-electron chi connectivity index (χ4n) is 1.52. The van der Waals surface area contributed by atoms with Crippen molar-refractivity contribution >= 4 is 11.6 Å². The Bertz CT molecular complexity index is 579. The summed E-state index contributed by atoms with van der Waals surface area (Å²) in [6.45, 7) is 3.52. The zero-order valence-corrected chi connectivity index (χ0v) is 10.1. The van der Waals surface area contributed by atoms with Gasteiger partial charge in [0, 0.05) is 5.69 Å². The van der Waals surface area contributed by atoms with Gasteiger partial charge in [-0.3, -0.25) is 4.79 Å². The third kappa shape index (κ3) is 2.63. The van der Waals surface area contributed by atoms with Gasteiger partial charge in [-0.1, -0.05) is 0 Å². The Kier molecular flexibility index (Phi) is 3.23. The van der Waals surface area contributed by atoms with Crippen LogP contribution in [-0.2, 0) is 0 Å². The first-order valence-electron chi connectivity index (χ1n) is 5.47. The van der Waals surface area contributed by atoms with Gasteiger partial charge < -0.3 is 10.4 Å². The van der Waals surface area contributed by atoms with Crippen molar-refractivity contribution in [3.63, 3.8) is 0 Å². The normalized spacial score (nSPS) is 10.1. The standard InChI is InChI=1S/C13H13N3O2/c1-8-7-12(9(2)16-15-8)13(18)14-10-3-5-11(17)6-4-10/h3-7,17H,1-2H3,(H,14,18). The Morgan fingerprint density at radius 1 is 1.17 bits per heavy atom. The number of rotatable bonds is 2. The summed E-state index contributed by atoms with van der Waals surface area (Å²) in [5.41, 5.74) is 2.38.